The molecule has 0 unspecified atom stereocenters. The Morgan fingerprint density at radius 3 is 2.84 bits per heavy atom. The molecule has 1 N–H and O–H groups in total. The zero-order valence-electron chi connectivity index (χ0n) is 15.1. The van der Waals surface area contributed by atoms with Gasteiger partial charge in [-0.15, -0.1) is 0 Å². The van der Waals surface area contributed by atoms with Crippen molar-refractivity contribution in [2.75, 3.05) is 13.2 Å². The van der Waals surface area contributed by atoms with Crippen molar-refractivity contribution in [3.8, 4) is 0 Å². The van der Waals surface area contributed by atoms with Crippen LogP contribution in [0, 0.1) is 28.6 Å². The van der Waals surface area contributed by atoms with E-state index in [0.717, 1.165) is 31.3 Å². The lowest BCUT2D eigenvalue weighted by atomic mass is 9.46. The second-order valence-corrected chi connectivity index (χ2v) is 8.84. The number of aliphatic hydroxyl groups excluding tert-OH is 1. The molecule has 4 rings (SSSR count). The summed E-state index contributed by atoms with van der Waals surface area (Å²) in [6.45, 7) is 5.35. The van der Waals surface area contributed by atoms with Gasteiger partial charge in [-0.05, 0) is 49.4 Å². The third kappa shape index (κ3) is 2.46. The monoisotopic (exact) mass is 348 g/mol. The molecule has 138 valence electrons. The van der Waals surface area contributed by atoms with E-state index in [-0.39, 0.29) is 34.6 Å². The SMILES string of the molecule is C[C@@H]1[C@H](O)C[C@@]23COC(=O)C2=CCC[C@H]3[C@@]1(C)CC[C@@H]1COC(=O)C1. The highest BCUT2D eigenvalue weighted by Crippen LogP contribution is 2.64. The van der Waals surface area contributed by atoms with Crippen molar-refractivity contribution >= 4 is 11.9 Å². The van der Waals surface area contributed by atoms with Crippen LogP contribution in [0.5, 0.6) is 0 Å². The topological polar surface area (TPSA) is 72.8 Å². The predicted octanol–water partition coefficient (Wildman–Crippen LogP) is 2.62. The van der Waals surface area contributed by atoms with Crippen molar-refractivity contribution in [3.63, 3.8) is 0 Å². The van der Waals surface area contributed by atoms with Gasteiger partial charge in [0.05, 0.1) is 19.1 Å². The van der Waals surface area contributed by atoms with Crippen molar-refractivity contribution in [1.29, 1.82) is 0 Å². The van der Waals surface area contributed by atoms with Gasteiger partial charge in [-0.2, -0.15) is 0 Å². The fourth-order valence-corrected chi connectivity index (χ4v) is 6.04. The Balaban J connectivity index is 1.62. The summed E-state index contributed by atoms with van der Waals surface area (Å²) in [4.78, 5) is 23.6. The van der Waals surface area contributed by atoms with Gasteiger partial charge < -0.3 is 14.6 Å². The molecule has 0 radical (unpaired) electrons. The number of aliphatic hydroxyl groups is 1. The number of cyclic esters (lactones) is 2. The Morgan fingerprint density at radius 1 is 1.32 bits per heavy atom. The first-order valence-corrected chi connectivity index (χ1v) is 9.58. The molecule has 0 aromatic rings. The van der Waals surface area contributed by atoms with Gasteiger partial charge in [0.15, 0.2) is 0 Å². The number of ether oxygens (including phenoxy) is 2. The van der Waals surface area contributed by atoms with Crippen LogP contribution in [0.2, 0.25) is 0 Å². The third-order valence-electron chi connectivity index (χ3n) is 7.70. The average Bonchev–Trinajstić information content (AvgIpc) is 3.15. The molecule has 2 heterocycles. The Morgan fingerprint density at radius 2 is 2.12 bits per heavy atom. The maximum absolute atomic E-state index is 12.2. The number of hydrogen-bond acceptors (Lipinski definition) is 5. The van der Waals surface area contributed by atoms with E-state index in [1.807, 2.05) is 6.08 Å². The summed E-state index contributed by atoms with van der Waals surface area (Å²) in [7, 11) is 0. The number of hydrogen-bond donors (Lipinski definition) is 1. The van der Waals surface area contributed by atoms with Gasteiger partial charge >= 0.3 is 11.9 Å². The predicted molar refractivity (Wildman–Crippen MR) is 90.4 cm³/mol. The van der Waals surface area contributed by atoms with Gasteiger partial charge in [-0.25, -0.2) is 4.79 Å². The summed E-state index contributed by atoms with van der Waals surface area (Å²) >= 11 is 0. The van der Waals surface area contributed by atoms with E-state index in [2.05, 4.69) is 13.8 Å². The molecule has 0 aromatic heterocycles. The van der Waals surface area contributed by atoms with Crippen molar-refractivity contribution < 1.29 is 24.2 Å². The third-order valence-corrected chi connectivity index (χ3v) is 7.70. The number of carbonyl (C=O) groups is 2. The molecule has 25 heavy (non-hydrogen) atoms. The van der Waals surface area contributed by atoms with Crippen molar-refractivity contribution in [2.45, 2.75) is 58.5 Å². The highest BCUT2D eigenvalue weighted by molar-refractivity contribution is 5.92. The molecule has 4 aliphatic rings. The lowest BCUT2D eigenvalue weighted by molar-refractivity contribution is -0.139. The van der Waals surface area contributed by atoms with Gasteiger partial charge in [0.1, 0.15) is 6.61 Å². The maximum atomic E-state index is 12.2. The minimum atomic E-state index is -0.432. The Labute approximate surface area is 148 Å². The molecule has 2 aliphatic carbocycles. The zero-order chi connectivity index (χ0) is 17.8. The van der Waals surface area contributed by atoms with E-state index >= 15 is 0 Å². The molecule has 3 fully saturated rings. The van der Waals surface area contributed by atoms with Crippen molar-refractivity contribution in [1.82, 2.24) is 0 Å². The van der Waals surface area contributed by atoms with E-state index in [9.17, 15) is 14.7 Å². The number of rotatable bonds is 3. The quantitative estimate of drug-likeness (QED) is 0.794. The van der Waals surface area contributed by atoms with Crippen LogP contribution in [0.1, 0.15) is 52.4 Å². The van der Waals surface area contributed by atoms with E-state index < -0.39 is 6.10 Å². The minimum Gasteiger partial charge on any atom is -0.465 e. The fourth-order valence-electron chi connectivity index (χ4n) is 6.04. The van der Waals surface area contributed by atoms with Crippen LogP contribution in [0.25, 0.3) is 0 Å². The molecule has 2 saturated heterocycles. The largest absolute Gasteiger partial charge is 0.465 e. The van der Waals surface area contributed by atoms with E-state index in [0.29, 0.717) is 32.0 Å². The summed E-state index contributed by atoms with van der Waals surface area (Å²) in [5.41, 5.74) is 0.412. The molecule has 1 spiro atoms. The van der Waals surface area contributed by atoms with E-state index in [1.165, 1.54) is 0 Å². The van der Waals surface area contributed by atoms with Crippen LogP contribution in [0.15, 0.2) is 11.6 Å². The lowest BCUT2D eigenvalue weighted by Crippen LogP contribution is -2.56. The molecule has 2 aliphatic heterocycles. The van der Waals surface area contributed by atoms with E-state index in [4.69, 9.17) is 9.47 Å². The molecular formula is C20H28O5. The molecule has 5 heteroatoms. The highest BCUT2D eigenvalue weighted by atomic mass is 16.5. The summed E-state index contributed by atoms with van der Waals surface area (Å²) in [6.07, 6.45) is 6.55. The van der Waals surface area contributed by atoms with Gasteiger partial charge in [0.2, 0.25) is 0 Å². The number of esters is 2. The second-order valence-electron chi connectivity index (χ2n) is 8.84. The maximum Gasteiger partial charge on any atom is 0.334 e. The van der Waals surface area contributed by atoms with Crippen LogP contribution in [-0.4, -0.2) is 36.4 Å². The smallest absolute Gasteiger partial charge is 0.334 e. The summed E-state index contributed by atoms with van der Waals surface area (Å²) in [6, 6.07) is 0. The first-order valence-electron chi connectivity index (χ1n) is 9.58. The van der Waals surface area contributed by atoms with Crippen LogP contribution in [0.4, 0.5) is 0 Å². The van der Waals surface area contributed by atoms with Crippen molar-refractivity contribution in [3.05, 3.63) is 11.6 Å². The molecule has 0 bridgehead atoms. The van der Waals surface area contributed by atoms with Crippen LogP contribution >= 0.6 is 0 Å². The summed E-state index contributed by atoms with van der Waals surface area (Å²) in [5.74, 6) is 0.496. The van der Waals surface area contributed by atoms with Crippen LogP contribution in [-0.2, 0) is 19.1 Å². The van der Waals surface area contributed by atoms with Crippen LogP contribution in [0.3, 0.4) is 0 Å². The Bertz CT molecular complexity index is 626. The van der Waals surface area contributed by atoms with Gasteiger partial charge in [-0.3, -0.25) is 4.79 Å². The summed E-state index contributed by atoms with van der Waals surface area (Å²) < 4.78 is 10.6. The molecule has 6 atom stereocenters. The first kappa shape index (κ1) is 17.1. The Kier molecular flexibility index (Phi) is 3.98. The minimum absolute atomic E-state index is 0.0726. The van der Waals surface area contributed by atoms with Crippen molar-refractivity contribution in [2.24, 2.45) is 28.6 Å². The highest BCUT2D eigenvalue weighted by Gasteiger charge is 2.63. The first-order chi connectivity index (χ1) is 11.9. The number of carbonyl (C=O) groups excluding carboxylic acids is 2. The average molecular weight is 348 g/mol. The Hall–Kier alpha value is -1.36. The lowest BCUT2D eigenvalue weighted by Gasteiger charge is -2.58. The van der Waals surface area contributed by atoms with Gasteiger partial charge in [0, 0.05) is 16.9 Å². The zero-order valence-corrected chi connectivity index (χ0v) is 15.1. The summed E-state index contributed by atoms with van der Waals surface area (Å²) in [5, 5.41) is 10.8. The number of allylic oxidation sites excluding steroid dienone is 1. The van der Waals surface area contributed by atoms with Gasteiger partial charge in [0.25, 0.3) is 0 Å². The van der Waals surface area contributed by atoms with Crippen LogP contribution < -0.4 is 0 Å². The molecule has 0 aromatic carbocycles. The molecule has 5 nitrogen and oxygen atoms in total. The molecular weight excluding hydrogens is 320 g/mol. The second kappa shape index (κ2) is 5.83. The van der Waals surface area contributed by atoms with Gasteiger partial charge in [-0.1, -0.05) is 19.9 Å². The molecule has 0 amide bonds. The normalized spacial score (nSPS) is 46.1. The molecule has 1 saturated carbocycles. The fraction of sp³-hybridized carbons (Fsp3) is 0.800. The standard InChI is InChI=1S/C20H28O5/c1-12-15(21)9-20-11-25-18(23)14(20)4-3-5-16(20)19(12,2)7-6-13-8-17(22)24-10-13/h4,12-13,15-16,21H,3,5-11H2,1-2H3/t12-,13+,15-,16+,19+,20-/m1/s1. The van der Waals surface area contributed by atoms with E-state index in [1.54, 1.807) is 0 Å².